The average molecular weight is 763 g/mol. The standard InChI is InChI=1S/C57H50N2/c1-55(2)51-37-50-49-19-13-14-20-53(49)59(54(50)38-52(51)56(3,4)57(55,5)6)48-35-27-44(28-36-48)43-25-33-47(34-26-43)58(45-29-21-41(22-30-45)39-15-9-7-10-16-39)46-31-23-42(24-32-46)40-17-11-8-12-18-40/h7-38H,1-6H3. The maximum atomic E-state index is 2.51. The van der Waals surface area contributed by atoms with Crippen LogP contribution in [0, 0.1) is 5.41 Å². The Labute approximate surface area is 349 Å². The minimum atomic E-state index is 0.0319. The van der Waals surface area contributed by atoms with Crippen LogP contribution in [-0.4, -0.2) is 4.57 Å². The maximum absolute atomic E-state index is 2.51. The second kappa shape index (κ2) is 13.7. The van der Waals surface area contributed by atoms with Gasteiger partial charge in [0, 0.05) is 33.5 Å². The van der Waals surface area contributed by atoms with Crippen LogP contribution in [0.4, 0.5) is 17.1 Å². The fourth-order valence-corrected chi connectivity index (χ4v) is 9.70. The van der Waals surface area contributed by atoms with Crippen LogP contribution in [0.15, 0.2) is 194 Å². The number of para-hydroxylation sites is 1. The maximum Gasteiger partial charge on any atom is 0.0544 e. The van der Waals surface area contributed by atoms with Crippen LogP contribution < -0.4 is 4.90 Å². The quantitative estimate of drug-likeness (QED) is 0.157. The summed E-state index contributed by atoms with van der Waals surface area (Å²) in [7, 11) is 0. The van der Waals surface area contributed by atoms with Crippen LogP contribution in [-0.2, 0) is 10.8 Å². The Bertz CT molecular complexity index is 2870. The predicted octanol–water partition coefficient (Wildman–Crippen LogP) is 15.8. The fraction of sp³-hybridized carbons (Fsp3) is 0.158. The highest BCUT2D eigenvalue weighted by Crippen LogP contribution is 2.62. The molecule has 0 amide bonds. The van der Waals surface area contributed by atoms with Crippen molar-refractivity contribution in [2.24, 2.45) is 5.41 Å². The second-order valence-electron chi connectivity index (χ2n) is 17.9. The van der Waals surface area contributed by atoms with E-state index in [9.17, 15) is 0 Å². The summed E-state index contributed by atoms with van der Waals surface area (Å²) in [5.41, 5.74) is 17.4. The van der Waals surface area contributed by atoms with E-state index in [0.29, 0.717) is 0 Å². The molecule has 0 unspecified atom stereocenters. The third-order valence-corrected chi connectivity index (χ3v) is 14.3. The average Bonchev–Trinajstić information content (AvgIpc) is 3.65. The molecule has 8 aromatic carbocycles. The molecular formula is C57H50N2. The molecule has 9 aromatic rings. The summed E-state index contributed by atoms with van der Waals surface area (Å²) in [6.45, 7) is 14.6. The van der Waals surface area contributed by atoms with Gasteiger partial charge >= 0.3 is 0 Å². The van der Waals surface area contributed by atoms with Gasteiger partial charge in [0.1, 0.15) is 0 Å². The molecule has 0 aliphatic heterocycles. The van der Waals surface area contributed by atoms with Crippen molar-refractivity contribution in [2.45, 2.75) is 52.4 Å². The van der Waals surface area contributed by atoms with Crippen LogP contribution in [0.3, 0.4) is 0 Å². The third-order valence-electron chi connectivity index (χ3n) is 14.3. The SMILES string of the molecule is CC1(C)c2cc3c4ccccc4n(-c4ccc(-c5ccc(N(c6ccc(-c7ccccc7)cc6)c6ccc(-c7ccccc7)cc6)cc5)cc4)c3cc2C(C)(C)C1(C)C. The van der Waals surface area contributed by atoms with E-state index < -0.39 is 0 Å². The molecule has 10 rings (SSSR count). The number of benzene rings is 8. The van der Waals surface area contributed by atoms with E-state index in [1.165, 1.54) is 72.0 Å². The van der Waals surface area contributed by atoms with Gasteiger partial charge in [0.25, 0.3) is 0 Å². The van der Waals surface area contributed by atoms with Gasteiger partial charge < -0.3 is 9.47 Å². The topological polar surface area (TPSA) is 8.17 Å². The Morgan fingerprint density at radius 3 is 1.17 bits per heavy atom. The summed E-state index contributed by atoms with van der Waals surface area (Å²) in [4.78, 5) is 2.35. The van der Waals surface area contributed by atoms with Crippen molar-refractivity contribution < 1.29 is 0 Å². The first kappa shape index (κ1) is 36.7. The lowest BCUT2D eigenvalue weighted by Gasteiger charge is -2.44. The lowest BCUT2D eigenvalue weighted by molar-refractivity contribution is 0.125. The first-order chi connectivity index (χ1) is 28.5. The highest BCUT2D eigenvalue weighted by molar-refractivity contribution is 6.10. The van der Waals surface area contributed by atoms with Gasteiger partial charge in [0.15, 0.2) is 0 Å². The molecule has 1 aliphatic carbocycles. The lowest BCUT2D eigenvalue weighted by Crippen LogP contribution is -2.42. The van der Waals surface area contributed by atoms with E-state index in [-0.39, 0.29) is 16.2 Å². The van der Waals surface area contributed by atoms with Crippen LogP contribution >= 0.6 is 0 Å². The summed E-state index contributed by atoms with van der Waals surface area (Å²) in [5.74, 6) is 0. The molecule has 1 aliphatic rings. The molecule has 0 radical (unpaired) electrons. The first-order valence-corrected chi connectivity index (χ1v) is 20.9. The van der Waals surface area contributed by atoms with E-state index in [1.54, 1.807) is 0 Å². The number of hydrogen-bond donors (Lipinski definition) is 0. The summed E-state index contributed by atoms with van der Waals surface area (Å²) < 4.78 is 2.47. The number of nitrogens with zero attached hydrogens (tertiary/aromatic N) is 2. The number of aromatic nitrogens is 1. The molecule has 0 saturated carbocycles. The van der Waals surface area contributed by atoms with Gasteiger partial charge in [0.05, 0.1) is 11.0 Å². The first-order valence-electron chi connectivity index (χ1n) is 20.9. The van der Waals surface area contributed by atoms with Crippen molar-refractivity contribution in [2.75, 3.05) is 4.90 Å². The molecular weight excluding hydrogens is 713 g/mol. The van der Waals surface area contributed by atoms with E-state index in [0.717, 1.165) is 17.1 Å². The summed E-state index contributed by atoms with van der Waals surface area (Å²) in [5, 5.41) is 2.63. The molecule has 0 atom stereocenters. The van der Waals surface area contributed by atoms with Crippen LogP contribution in [0.25, 0.3) is 60.9 Å². The third kappa shape index (κ3) is 5.84. The predicted molar refractivity (Wildman–Crippen MR) is 252 cm³/mol. The smallest absolute Gasteiger partial charge is 0.0544 e. The zero-order valence-electron chi connectivity index (χ0n) is 34.9. The zero-order chi connectivity index (χ0) is 40.5. The lowest BCUT2D eigenvalue weighted by atomic mass is 9.59. The Morgan fingerprint density at radius 2 is 0.712 bits per heavy atom. The number of rotatable bonds is 7. The molecule has 2 heteroatoms. The van der Waals surface area contributed by atoms with Gasteiger partial charge in [0.2, 0.25) is 0 Å². The van der Waals surface area contributed by atoms with Crippen LogP contribution in [0.5, 0.6) is 0 Å². The van der Waals surface area contributed by atoms with E-state index in [1.807, 2.05) is 0 Å². The van der Waals surface area contributed by atoms with E-state index >= 15 is 0 Å². The van der Waals surface area contributed by atoms with Crippen molar-refractivity contribution in [3.63, 3.8) is 0 Å². The van der Waals surface area contributed by atoms with Gasteiger partial charge in [-0.25, -0.2) is 0 Å². The van der Waals surface area contributed by atoms with Crippen molar-refractivity contribution >= 4 is 38.9 Å². The van der Waals surface area contributed by atoms with Gasteiger partial charge in [-0.1, -0.05) is 169 Å². The largest absolute Gasteiger partial charge is 0.311 e. The molecule has 0 saturated heterocycles. The summed E-state index contributed by atoms with van der Waals surface area (Å²) >= 11 is 0. The molecule has 0 fully saturated rings. The molecule has 0 spiro atoms. The van der Waals surface area contributed by atoms with Crippen molar-refractivity contribution in [3.8, 4) is 39.1 Å². The zero-order valence-corrected chi connectivity index (χ0v) is 34.9. The molecule has 288 valence electrons. The summed E-state index contributed by atoms with van der Waals surface area (Å²) in [6.07, 6.45) is 0. The van der Waals surface area contributed by atoms with Gasteiger partial charge in [-0.15, -0.1) is 0 Å². The van der Waals surface area contributed by atoms with Crippen molar-refractivity contribution in [1.29, 1.82) is 0 Å². The highest BCUT2D eigenvalue weighted by Gasteiger charge is 2.57. The van der Waals surface area contributed by atoms with Gasteiger partial charge in [-0.2, -0.15) is 0 Å². The van der Waals surface area contributed by atoms with Crippen LogP contribution in [0.2, 0.25) is 0 Å². The fourth-order valence-electron chi connectivity index (χ4n) is 9.70. The van der Waals surface area contributed by atoms with E-state index in [2.05, 4.69) is 245 Å². The van der Waals surface area contributed by atoms with Gasteiger partial charge in [-0.3, -0.25) is 0 Å². The molecule has 1 heterocycles. The second-order valence-corrected chi connectivity index (χ2v) is 17.9. The Balaban J connectivity index is 1.00. The molecule has 0 N–H and O–H groups in total. The minimum absolute atomic E-state index is 0.0319. The Hall–Kier alpha value is -6.64. The van der Waals surface area contributed by atoms with Gasteiger partial charge in [-0.05, 0) is 127 Å². The Kier molecular flexibility index (Phi) is 8.54. The van der Waals surface area contributed by atoms with Crippen molar-refractivity contribution in [1.82, 2.24) is 4.57 Å². The van der Waals surface area contributed by atoms with E-state index in [4.69, 9.17) is 0 Å². The normalized spacial score (nSPS) is 15.0. The number of anilines is 3. The van der Waals surface area contributed by atoms with Crippen LogP contribution in [0.1, 0.15) is 52.7 Å². The number of fused-ring (bicyclic) bond motifs is 4. The Morgan fingerprint density at radius 1 is 0.339 bits per heavy atom. The minimum Gasteiger partial charge on any atom is -0.311 e. The molecule has 59 heavy (non-hydrogen) atoms. The van der Waals surface area contributed by atoms with Crippen molar-refractivity contribution in [3.05, 3.63) is 205 Å². The molecule has 2 nitrogen and oxygen atoms in total. The highest BCUT2D eigenvalue weighted by atomic mass is 15.1. The number of hydrogen-bond acceptors (Lipinski definition) is 1. The monoisotopic (exact) mass is 762 g/mol. The molecule has 1 aromatic heterocycles. The molecule has 0 bridgehead atoms. The summed E-state index contributed by atoms with van der Waals surface area (Å²) in [6, 6.07) is 71.0.